The van der Waals surface area contributed by atoms with E-state index in [-0.39, 0.29) is 38.5 Å². The molecule has 392 valence electrons. The Morgan fingerprint density at radius 2 is 0.857 bits per heavy atom. The number of fused-ring (bicyclic) bond motifs is 3. The van der Waals surface area contributed by atoms with Crippen LogP contribution in [0.4, 0.5) is 14.4 Å². The molecule has 0 aromatic heterocycles. The van der Waals surface area contributed by atoms with E-state index in [1.54, 1.807) is 62.3 Å². The molecule has 0 aliphatic heterocycles. The molecule has 5 N–H and O–H groups in total. The second-order valence-corrected chi connectivity index (χ2v) is 21.5. The van der Waals surface area contributed by atoms with Crippen molar-refractivity contribution in [3.8, 4) is 11.1 Å². The fraction of sp³-hybridized carbons (Fsp3) is 0.673. The van der Waals surface area contributed by atoms with Gasteiger partial charge in [-0.15, -0.1) is 0 Å². The summed E-state index contributed by atoms with van der Waals surface area (Å²) in [5, 5.41) is 14.0. The summed E-state index contributed by atoms with van der Waals surface area (Å²) in [6.45, 7) is 18.7. The lowest BCUT2D eigenvalue weighted by Crippen LogP contribution is -2.56. The minimum absolute atomic E-state index is 0.0292. The minimum atomic E-state index is -1.13. The second-order valence-electron chi connectivity index (χ2n) is 21.5. The van der Waals surface area contributed by atoms with Gasteiger partial charge in [0, 0.05) is 19.0 Å². The lowest BCUT2D eigenvalue weighted by Gasteiger charge is -2.27. The zero-order valence-electron chi connectivity index (χ0n) is 44.2. The number of benzene rings is 2. The number of hydrogen-bond acceptors (Lipinski definition) is 10. The summed E-state index contributed by atoms with van der Waals surface area (Å²) in [7, 11) is 0. The van der Waals surface area contributed by atoms with Crippen LogP contribution in [0.3, 0.4) is 0 Å². The molecule has 70 heavy (non-hydrogen) atoms. The average molecular weight is 978 g/mol. The van der Waals surface area contributed by atoms with E-state index in [0.717, 1.165) is 41.5 Å². The molecule has 3 atom stereocenters. The molecule has 1 aliphatic carbocycles. The molecule has 2 aromatic rings. The number of hydrogen-bond donors (Lipinski definition) is 5. The van der Waals surface area contributed by atoms with Crippen LogP contribution in [0.2, 0.25) is 0 Å². The van der Waals surface area contributed by atoms with Gasteiger partial charge >= 0.3 is 24.2 Å². The Bertz CT molecular complexity index is 1910. The van der Waals surface area contributed by atoms with Crippen LogP contribution in [0.15, 0.2) is 48.5 Å². The summed E-state index contributed by atoms with van der Waals surface area (Å²) < 4.78 is 22.3. The van der Waals surface area contributed by atoms with E-state index in [9.17, 15) is 28.8 Å². The topological polar surface area (TPSA) is 199 Å². The lowest BCUT2D eigenvalue weighted by molar-refractivity contribution is -0.159. The average Bonchev–Trinajstić information content (AvgIpc) is 3.58. The number of alkyl carbamates (subject to hydrolysis) is 3. The predicted molar refractivity (Wildman–Crippen MR) is 274 cm³/mol. The molecule has 0 saturated heterocycles. The van der Waals surface area contributed by atoms with Crippen molar-refractivity contribution in [3.05, 3.63) is 59.7 Å². The number of amides is 5. The third kappa shape index (κ3) is 23.5. The molecule has 3 rings (SSSR count). The maximum atomic E-state index is 14.4. The molecule has 0 fully saturated rings. The fourth-order valence-electron chi connectivity index (χ4n) is 8.28. The van der Waals surface area contributed by atoms with Gasteiger partial charge in [0.05, 0.1) is 0 Å². The Hall–Kier alpha value is -5.34. The van der Waals surface area contributed by atoms with E-state index in [0.29, 0.717) is 38.5 Å². The first-order chi connectivity index (χ1) is 33.1. The van der Waals surface area contributed by atoms with Crippen LogP contribution < -0.4 is 26.6 Å². The molecule has 0 radical (unpaired) electrons. The second kappa shape index (κ2) is 29.8. The van der Waals surface area contributed by atoms with Gasteiger partial charge in [-0.1, -0.05) is 120 Å². The molecule has 0 heterocycles. The highest BCUT2D eigenvalue weighted by Gasteiger charge is 2.33. The predicted octanol–water partition coefficient (Wildman–Crippen LogP) is 10.9. The number of esters is 1. The Morgan fingerprint density at radius 1 is 0.471 bits per heavy atom. The largest absolute Gasteiger partial charge is 0.458 e. The fourth-order valence-corrected chi connectivity index (χ4v) is 8.28. The Labute approximate surface area is 418 Å². The smallest absolute Gasteiger partial charge is 0.407 e. The van der Waals surface area contributed by atoms with Crippen molar-refractivity contribution in [1.82, 2.24) is 26.6 Å². The van der Waals surface area contributed by atoms with E-state index in [1.165, 1.54) is 38.5 Å². The van der Waals surface area contributed by atoms with E-state index < -0.39 is 71.0 Å². The summed E-state index contributed by atoms with van der Waals surface area (Å²) in [4.78, 5) is 80.7. The van der Waals surface area contributed by atoms with Crippen molar-refractivity contribution in [3.63, 3.8) is 0 Å². The molecule has 5 amide bonds. The number of unbranched alkanes of at least 4 members (excludes halogenated alkanes) is 11. The van der Waals surface area contributed by atoms with E-state index in [2.05, 4.69) is 33.5 Å². The highest BCUT2D eigenvalue weighted by atomic mass is 16.6. The van der Waals surface area contributed by atoms with E-state index in [1.807, 2.05) is 48.5 Å². The van der Waals surface area contributed by atoms with Crippen LogP contribution in [0, 0.1) is 0 Å². The standard InChI is InChI=1S/C55H87N5O10/c1-11-12-13-14-15-16-17-18-19-20-35-46(49(63)68-53(2,3)4)59-47(61)44(33-25-27-36-56-50(64)69-54(5,6)7)58-48(62)45(34-26-28-37-57-51(65)70-55(8,9)10)60-52(66)67-38-43-41-31-23-21-29-39(41)40-30-22-24-32-42(40)43/h21-24,29-32,43-46H,11-20,25-28,33-38H2,1-10H3,(H,56,64)(H,57,65)(H,58,62)(H,59,61)(H,60,66)/t44-,45-,46?/m0/s1. The number of nitrogens with one attached hydrogen (secondary N) is 5. The van der Waals surface area contributed by atoms with Gasteiger partial charge in [0.2, 0.25) is 11.8 Å². The molecule has 0 spiro atoms. The van der Waals surface area contributed by atoms with Gasteiger partial charge in [-0.25, -0.2) is 19.2 Å². The maximum absolute atomic E-state index is 14.4. The summed E-state index contributed by atoms with van der Waals surface area (Å²) in [6, 6.07) is 12.8. The van der Waals surface area contributed by atoms with Crippen LogP contribution in [0.5, 0.6) is 0 Å². The van der Waals surface area contributed by atoms with E-state index in [4.69, 9.17) is 18.9 Å². The zero-order valence-corrected chi connectivity index (χ0v) is 44.2. The van der Waals surface area contributed by atoms with Crippen molar-refractivity contribution >= 4 is 36.1 Å². The number of ether oxygens (including phenoxy) is 4. The first-order valence-corrected chi connectivity index (χ1v) is 26.0. The highest BCUT2D eigenvalue weighted by Crippen LogP contribution is 2.44. The molecular weight excluding hydrogens is 891 g/mol. The van der Waals surface area contributed by atoms with Crippen molar-refractivity contribution in [1.29, 1.82) is 0 Å². The number of carbonyl (C=O) groups excluding carboxylic acids is 6. The third-order valence-corrected chi connectivity index (χ3v) is 11.6. The van der Waals surface area contributed by atoms with Gasteiger partial charge < -0.3 is 45.5 Å². The Balaban J connectivity index is 1.79. The normalized spacial score (nSPS) is 13.7. The molecule has 1 unspecified atom stereocenters. The van der Waals surface area contributed by atoms with Crippen molar-refractivity contribution in [2.24, 2.45) is 0 Å². The number of carbonyl (C=O) groups is 6. The molecule has 2 aromatic carbocycles. The van der Waals surface area contributed by atoms with Crippen molar-refractivity contribution < 1.29 is 47.7 Å². The highest BCUT2D eigenvalue weighted by molar-refractivity contribution is 5.93. The monoisotopic (exact) mass is 978 g/mol. The van der Waals surface area contributed by atoms with Crippen LogP contribution in [0.1, 0.15) is 195 Å². The summed E-state index contributed by atoms with van der Waals surface area (Å²) in [6.07, 6.45) is 11.6. The molecule has 0 saturated carbocycles. The summed E-state index contributed by atoms with van der Waals surface area (Å²) in [5.41, 5.74) is 2.09. The van der Waals surface area contributed by atoms with Crippen LogP contribution in [-0.2, 0) is 33.3 Å². The summed E-state index contributed by atoms with van der Waals surface area (Å²) in [5.74, 6) is -1.96. The van der Waals surface area contributed by atoms with Crippen LogP contribution in [-0.4, -0.2) is 90.7 Å². The molecular formula is C55H87N5O10. The van der Waals surface area contributed by atoms with E-state index >= 15 is 0 Å². The third-order valence-electron chi connectivity index (χ3n) is 11.6. The first kappa shape index (κ1) is 59.0. The van der Waals surface area contributed by atoms with Crippen LogP contribution >= 0.6 is 0 Å². The minimum Gasteiger partial charge on any atom is -0.458 e. The van der Waals surface area contributed by atoms with Crippen molar-refractivity contribution in [2.75, 3.05) is 19.7 Å². The quantitative estimate of drug-likeness (QED) is 0.0297. The zero-order chi connectivity index (χ0) is 51.7. The maximum Gasteiger partial charge on any atom is 0.407 e. The lowest BCUT2D eigenvalue weighted by atomic mass is 9.98. The van der Waals surface area contributed by atoms with Crippen LogP contribution in [0.25, 0.3) is 11.1 Å². The van der Waals surface area contributed by atoms with Gasteiger partial charge in [0.1, 0.15) is 41.5 Å². The SMILES string of the molecule is CCCCCCCCCCCCC(NC(=O)[C@H](CCCCNC(=O)OC(C)(C)C)NC(=O)[C@H](CCCCNC(=O)OC(C)(C)C)NC(=O)OCC1c2ccccc2-c2ccccc21)C(=O)OC(C)(C)C. The Morgan fingerprint density at radius 3 is 1.31 bits per heavy atom. The van der Waals surface area contributed by atoms with Gasteiger partial charge in [-0.2, -0.15) is 0 Å². The van der Waals surface area contributed by atoms with Gasteiger partial charge in [0.25, 0.3) is 0 Å². The Kier molecular flexibility index (Phi) is 25.1. The molecule has 1 aliphatic rings. The molecule has 15 nitrogen and oxygen atoms in total. The summed E-state index contributed by atoms with van der Waals surface area (Å²) >= 11 is 0. The van der Waals surface area contributed by atoms with Gasteiger partial charge in [0.15, 0.2) is 0 Å². The molecule has 15 heteroatoms. The van der Waals surface area contributed by atoms with Gasteiger partial charge in [-0.3, -0.25) is 9.59 Å². The molecule has 0 bridgehead atoms. The number of rotatable bonds is 29. The first-order valence-electron chi connectivity index (χ1n) is 26.0. The van der Waals surface area contributed by atoms with Gasteiger partial charge in [-0.05, 0) is 130 Å². The van der Waals surface area contributed by atoms with Crippen molar-refractivity contribution in [2.45, 2.75) is 219 Å².